The summed E-state index contributed by atoms with van der Waals surface area (Å²) in [4.78, 5) is 14.6. The Morgan fingerprint density at radius 3 is 2.85 bits per heavy atom. The van der Waals surface area contributed by atoms with E-state index in [2.05, 4.69) is 26.2 Å². The summed E-state index contributed by atoms with van der Waals surface area (Å²) >= 11 is 0. The van der Waals surface area contributed by atoms with Crippen molar-refractivity contribution in [1.82, 2.24) is 14.9 Å². The van der Waals surface area contributed by atoms with Crippen molar-refractivity contribution < 1.29 is 0 Å². The van der Waals surface area contributed by atoms with Crippen molar-refractivity contribution in [2.75, 3.05) is 43.4 Å². The molecule has 2 aliphatic heterocycles. The summed E-state index contributed by atoms with van der Waals surface area (Å²) in [5.74, 6) is 3.74. The highest BCUT2D eigenvalue weighted by molar-refractivity contribution is 5.50. The molecule has 0 radical (unpaired) electrons. The lowest BCUT2D eigenvalue weighted by atomic mass is 10.1. The van der Waals surface area contributed by atoms with Crippen molar-refractivity contribution in [2.45, 2.75) is 37.6 Å². The van der Waals surface area contributed by atoms with Gasteiger partial charge in [0.15, 0.2) is 0 Å². The Kier molecular flexibility index (Phi) is 3.02. The number of aromatic nitrogens is 2. The first-order valence-corrected chi connectivity index (χ1v) is 7.89. The molecule has 2 saturated heterocycles. The van der Waals surface area contributed by atoms with Crippen LogP contribution in [0.3, 0.4) is 0 Å². The van der Waals surface area contributed by atoms with Gasteiger partial charge in [-0.2, -0.15) is 0 Å². The predicted octanol–water partition coefficient (Wildman–Crippen LogP) is 1.68. The van der Waals surface area contributed by atoms with Gasteiger partial charge in [-0.05, 0) is 32.2 Å². The van der Waals surface area contributed by atoms with Crippen molar-refractivity contribution in [3.8, 4) is 0 Å². The minimum absolute atomic E-state index is 0.606. The molecule has 5 nitrogen and oxygen atoms in total. The Balaban J connectivity index is 1.59. The Morgan fingerprint density at radius 1 is 1.15 bits per heavy atom. The molecule has 0 aromatic carbocycles. The van der Waals surface area contributed by atoms with Crippen LogP contribution < -0.4 is 10.2 Å². The molecule has 3 aliphatic rings. The zero-order valence-corrected chi connectivity index (χ0v) is 12.2. The van der Waals surface area contributed by atoms with Crippen LogP contribution in [-0.2, 0) is 0 Å². The van der Waals surface area contributed by atoms with E-state index in [1.165, 1.54) is 38.8 Å². The Bertz CT molecular complexity index is 499. The molecule has 20 heavy (non-hydrogen) atoms. The van der Waals surface area contributed by atoms with E-state index in [0.717, 1.165) is 36.6 Å². The molecule has 1 aliphatic carbocycles. The normalized spacial score (nSPS) is 26.6. The topological polar surface area (TPSA) is 44.3 Å². The third-order valence-corrected chi connectivity index (χ3v) is 4.84. The van der Waals surface area contributed by atoms with E-state index in [-0.39, 0.29) is 0 Å². The highest BCUT2D eigenvalue weighted by Crippen LogP contribution is 2.39. The summed E-state index contributed by atoms with van der Waals surface area (Å²) in [5.41, 5.74) is 0. The largest absolute Gasteiger partial charge is 0.373 e. The first-order chi connectivity index (χ1) is 9.83. The zero-order chi connectivity index (χ0) is 13.5. The molecule has 108 valence electrons. The number of piperazine rings is 1. The quantitative estimate of drug-likeness (QED) is 0.908. The first kappa shape index (κ1) is 12.4. The Hall–Kier alpha value is -1.36. The fourth-order valence-corrected chi connectivity index (χ4v) is 3.47. The number of hydrogen-bond acceptors (Lipinski definition) is 5. The lowest BCUT2D eigenvalue weighted by Gasteiger charge is -2.38. The Labute approximate surface area is 120 Å². The lowest BCUT2D eigenvalue weighted by Crippen LogP contribution is -2.50. The second-order valence-electron chi connectivity index (χ2n) is 6.27. The maximum atomic E-state index is 4.84. The van der Waals surface area contributed by atoms with Gasteiger partial charge in [0.2, 0.25) is 0 Å². The van der Waals surface area contributed by atoms with E-state index in [4.69, 9.17) is 4.98 Å². The highest BCUT2D eigenvalue weighted by Gasteiger charge is 2.32. The minimum Gasteiger partial charge on any atom is -0.373 e. The first-order valence-electron chi connectivity index (χ1n) is 7.89. The molecule has 0 spiro atoms. The van der Waals surface area contributed by atoms with E-state index in [1.54, 1.807) is 0 Å². The van der Waals surface area contributed by atoms with Gasteiger partial charge in [-0.15, -0.1) is 0 Å². The smallest absolute Gasteiger partial charge is 0.136 e. The average Bonchev–Trinajstić information content (AvgIpc) is 3.24. The van der Waals surface area contributed by atoms with Crippen LogP contribution in [0.25, 0.3) is 0 Å². The summed E-state index contributed by atoms with van der Waals surface area (Å²) in [5, 5.41) is 3.19. The van der Waals surface area contributed by atoms with Gasteiger partial charge < -0.3 is 10.2 Å². The van der Waals surface area contributed by atoms with Crippen molar-refractivity contribution in [1.29, 1.82) is 0 Å². The van der Waals surface area contributed by atoms with Crippen LogP contribution in [0.15, 0.2) is 6.07 Å². The number of hydrogen-bond donors (Lipinski definition) is 1. The van der Waals surface area contributed by atoms with E-state index in [1.807, 2.05) is 7.05 Å². The van der Waals surface area contributed by atoms with E-state index < -0.39 is 0 Å². The maximum absolute atomic E-state index is 4.84. The number of fused-ring (bicyclic) bond motifs is 1. The van der Waals surface area contributed by atoms with Gasteiger partial charge in [-0.3, -0.25) is 4.90 Å². The third-order valence-electron chi connectivity index (χ3n) is 4.84. The fourth-order valence-electron chi connectivity index (χ4n) is 3.47. The van der Waals surface area contributed by atoms with E-state index in [0.29, 0.717) is 5.92 Å². The predicted molar refractivity (Wildman–Crippen MR) is 80.4 cm³/mol. The van der Waals surface area contributed by atoms with Crippen molar-refractivity contribution in [3.05, 3.63) is 11.9 Å². The SMILES string of the molecule is CNc1cc(N2CCN3CCCC3C2)nc(C2CC2)n1. The maximum Gasteiger partial charge on any atom is 0.136 e. The van der Waals surface area contributed by atoms with Crippen LogP contribution in [0, 0.1) is 0 Å². The number of nitrogens with zero attached hydrogens (tertiary/aromatic N) is 4. The van der Waals surface area contributed by atoms with Gasteiger partial charge in [0.05, 0.1) is 0 Å². The average molecular weight is 273 g/mol. The third kappa shape index (κ3) is 2.24. The van der Waals surface area contributed by atoms with Crippen LogP contribution in [0.2, 0.25) is 0 Å². The van der Waals surface area contributed by atoms with Crippen LogP contribution >= 0.6 is 0 Å². The molecule has 1 aromatic heterocycles. The lowest BCUT2D eigenvalue weighted by molar-refractivity contribution is 0.230. The molecule has 5 heteroatoms. The molecule has 0 amide bonds. The summed E-state index contributed by atoms with van der Waals surface area (Å²) in [6.45, 7) is 4.70. The van der Waals surface area contributed by atoms with Gasteiger partial charge in [0, 0.05) is 44.7 Å². The second kappa shape index (κ2) is 4.88. The molecule has 1 unspecified atom stereocenters. The summed E-state index contributed by atoms with van der Waals surface area (Å²) in [6, 6.07) is 2.84. The van der Waals surface area contributed by atoms with Crippen LogP contribution in [0.1, 0.15) is 37.4 Å². The van der Waals surface area contributed by atoms with Gasteiger partial charge in [0.25, 0.3) is 0 Å². The van der Waals surface area contributed by atoms with Gasteiger partial charge >= 0.3 is 0 Å². The number of rotatable bonds is 3. The molecule has 3 heterocycles. The molecule has 1 atom stereocenters. The molecule has 3 fully saturated rings. The second-order valence-corrected chi connectivity index (χ2v) is 6.27. The number of anilines is 2. The van der Waals surface area contributed by atoms with Crippen molar-refractivity contribution in [2.24, 2.45) is 0 Å². The summed E-state index contributed by atoms with van der Waals surface area (Å²) in [7, 11) is 1.94. The molecule has 1 saturated carbocycles. The van der Waals surface area contributed by atoms with Crippen LogP contribution in [0.4, 0.5) is 11.6 Å². The zero-order valence-electron chi connectivity index (χ0n) is 12.2. The molecular weight excluding hydrogens is 250 g/mol. The summed E-state index contributed by atoms with van der Waals surface area (Å²) < 4.78 is 0. The van der Waals surface area contributed by atoms with Gasteiger partial charge in [-0.1, -0.05) is 0 Å². The van der Waals surface area contributed by atoms with Gasteiger partial charge in [-0.25, -0.2) is 9.97 Å². The monoisotopic (exact) mass is 273 g/mol. The molecule has 1 aromatic rings. The van der Waals surface area contributed by atoms with Crippen molar-refractivity contribution in [3.63, 3.8) is 0 Å². The Morgan fingerprint density at radius 2 is 2.05 bits per heavy atom. The fraction of sp³-hybridized carbons (Fsp3) is 0.733. The van der Waals surface area contributed by atoms with E-state index in [9.17, 15) is 0 Å². The molecule has 1 N–H and O–H groups in total. The summed E-state index contributed by atoms with van der Waals surface area (Å²) in [6.07, 6.45) is 5.21. The minimum atomic E-state index is 0.606. The van der Waals surface area contributed by atoms with E-state index >= 15 is 0 Å². The van der Waals surface area contributed by atoms with Crippen LogP contribution in [0.5, 0.6) is 0 Å². The highest BCUT2D eigenvalue weighted by atomic mass is 15.3. The molecule has 0 bridgehead atoms. The molecular formula is C15H23N5. The van der Waals surface area contributed by atoms with Gasteiger partial charge in [0.1, 0.15) is 17.5 Å². The molecule has 4 rings (SSSR count). The van der Waals surface area contributed by atoms with Crippen molar-refractivity contribution >= 4 is 11.6 Å². The standard InChI is InChI=1S/C15H23N5/c1-16-13-9-14(18-15(17-13)11-4-5-11)20-8-7-19-6-2-3-12(19)10-20/h9,11-12H,2-8,10H2,1H3,(H,16,17,18). The number of nitrogens with one attached hydrogen (secondary N) is 1. The van der Waals surface area contributed by atoms with Crippen LogP contribution in [-0.4, -0.2) is 54.1 Å².